The molecule has 25 heavy (non-hydrogen) atoms. The number of halogens is 1. The molecule has 0 bridgehead atoms. The second kappa shape index (κ2) is 10.1. The highest BCUT2D eigenvalue weighted by Crippen LogP contribution is 2.43. The molecule has 142 valence electrons. The predicted octanol–water partition coefficient (Wildman–Crippen LogP) is 4.49. The minimum atomic E-state index is 0. The molecule has 1 N–H and O–H groups in total. The van der Waals surface area contributed by atoms with Gasteiger partial charge in [-0.05, 0) is 38.0 Å². The van der Waals surface area contributed by atoms with Crippen molar-refractivity contribution in [1.29, 1.82) is 0 Å². The lowest BCUT2D eigenvalue weighted by atomic mass is 9.73. The normalized spacial score (nSPS) is 19.9. The summed E-state index contributed by atoms with van der Waals surface area (Å²) in [5.74, 6) is 1.12. The molecular formula is C19H33IN4S. The molecule has 6 heteroatoms. The molecule has 1 saturated carbocycles. The molecule has 2 heterocycles. The van der Waals surface area contributed by atoms with E-state index < -0.39 is 0 Å². The Morgan fingerprint density at radius 3 is 2.76 bits per heavy atom. The van der Waals surface area contributed by atoms with E-state index in [-0.39, 0.29) is 24.0 Å². The highest BCUT2D eigenvalue weighted by molar-refractivity contribution is 14.0. The van der Waals surface area contributed by atoms with Gasteiger partial charge in [-0.1, -0.05) is 26.2 Å². The molecule has 1 spiro atoms. The van der Waals surface area contributed by atoms with Gasteiger partial charge >= 0.3 is 0 Å². The van der Waals surface area contributed by atoms with Crippen molar-refractivity contribution in [3.8, 4) is 0 Å². The lowest BCUT2D eigenvalue weighted by molar-refractivity contribution is 0.203. The monoisotopic (exact) mass is 476 g/mol. The summed E-state index contributed by atoms with van der Waals surface area (Å²) in [5, 5.41) is 4.73. The Labute approximate surface area is 173 Å². The van der Waals surface area contributed by atoms with Gasteiger partial charge in [-0.2, -0.15) is 0 Å². The number of hydrogen-bond acceptors (Lipinski definition) is 3. The topological polar surface area (TPSA) is 40.5 Å². The van der Waals surface area contributed by atoms with E-state index in [1.807, 2.05) is 17.5 Å². The van der Waals surface area contributed by atoms with Gasteiger partial charge in [-0.15, -0.1) is 35.3 Å². The Morgan fingerprint density at radius 2 is 2.08 bits per heavy atom. The second-order valence-electron chi connectivity index (χ2n) is 7.29. The molecule has 3 rings (SSSR count). The van der Waals surface area contributed by atoms with E-state index in [1.54, 1.807) is 0 Å². The van der Waals surface area contributed by atoms with Crippen molar-refractivity contribution in [3.05, 3.63) is 16.1 Å². The SMILES string of the molecule is CCNC(=NCCc1ncc(CC)s1)N1CCC2(CCCCC2)C1.I. The number of rotatable bonds is 5. The second-order valence-corrected chi connectivity index (χ2v) is 8.49. The maximum atomic E-state index is 4.90. The van der Waals surface area contributed by atoms with Gasteiger partial charge in [0.1, 0.15) is 0 Å². The van der Waals surface area contributed by atoms with Crippen LogP contribution in [0.2, 0.25) is 0 Å². The number of nitrogens with one attached hydrogen (secondary N) is 1. The molecule has 1 aromatic heterocycles. The summed E-state index contributed by atoms with van der Waals surface area (Å²) in [5.41, 5.74) is 0.583. The van der Waals surface area contributed by atoms with Crippen LogP contribution in [0.1, 0.15) is 62.3 Å². The van der Waals surface area contributed by atoms with Gasteiger partial charge in [0.2, 0.25) is 0 Å². The van der Waals surface area contributed by atoms with Gasteiger partial charge in [-0.3, -0.25) is 4.99 Å². The molecule has 2 aliphatic rings. The van der Waals surface area contributed by atoms with Crippen molar-refractivity contribution in [2.75, 3.05) is 26.2 Å². The fourth-order valence-electron chi connectivity index (χ4n) is 4.14. The zero-order chi connectivity index (χ0) is 16.8. The maximum Gasteiger partial charge on any atom is 0.193 e. The summed E-state index contributed by atoms with van der Waals surface area (Å²) in [7, 11) is 0. The predicted molar refractivity (Wildman–Crippen MR) is 118 cm³/mol. The zero-order valence-electron chi connectivity index (χ0n) is 15.7. The summed E-state index contributed by atoms with van der Waals surface area (Å²) < 4.78 is 0. The highest BCUT2D eigenvalue weighted by Gasteiger charge is 2.39. The molecule has 0 atom stereocenters. The van der Waals surface area contributed by atoms with Crippen LogP contribution in [0.15, 0.2) is 11.2 Å². The summed E-state index contributed by atoms with van der Waals surface area (Å²) >= 11 is 1.83. The Balaban J connectivity index is 0.00000225. The van der Waals surface area contributed by atoms with Gasteiger partial charge in [-0.25, -0.2) is 4.98 Å². The van der Waals surface area contributed by atoms with Crippen LogP contribution in [0.3, 0.4) is 0 Å². The standard InChI is InChI=1S/C19H32N4S.HI/c1-3-16-14-22-17(24-16)8-12-21-18(20-4-2)23-13-11-19(15-23)9-6-5-7-10-19;/h14H,3-13,15H2,1-2H3,(H,20,21);1H. The van der Waals surface area contributed by atoms with Crippen LogP contribution in [-0.4, -0.2) is 42.0 Å². The van der Waals surface area contributed by atoms with Crippen LogP contribution in [0.4, 0.5) is 0 Å². The van der Waals surface area contributed by atoms with Gasteiger partial charge < -0.3 is 10.2 Å². The van der Waals surface area contributed by atoms with Crippen LogP contribution in [0.5, 0.6) is 0 Å². The van der Waals surface area contributed by atoms with E-state index in [1.165, 1.54) is 61.5 Å². The Hall–Kier alpha value is -0.370. The van der Waals surface area contributed by atoms with E-state index in [4.69, 9.17) is 4.99 Å². The molecule has 0 aromatic carbocycles. The number of thiazole rings is 1. The molecule has 0 amide bonds. The zero-order valence-corrected chi connectivity index (χ0v) is 18.9. The van der Waals surface area contributed by atoms with E-state index in [2.05, 4.69) is 29.0 Å². The molecule has 1 aliphatic carbocycles. The van der Waals surface area contributed by atoms with Crippen LogP contribution in [-0.2, 0) is 12.8 Å². The van der Waals surface area contributed by atoms with E-state index >= 15 is 0 Å². The summed E-state index contributed by atoms with van der Waals surface area (Å²) in [6.07, 6.45) is 12.5. The van der Waals surface area contributed by atoms with Crippen LogP contribution >= 0.6 is 35.3 Å². The molecule has 0 unspecified atom stereocenters. The van der Waals surface area contributed by atoms with E-state index in [9.17, 15) is 0 Å². The smallest absolute Gasteiger partial charge is 0.193 e. The van der Waals surface area contributed by atoms with E-state index in [0.717, 1.165) is 31.9 Å². The number of aromatic nitrogens is 1. The molecule has 1 saturated heterocycles. The summed E-state index contributed by atoms with van der Waals surface area (Å²) in [6.45, 7) is 8.50. The van der Waals surface area contributed by atoms with Crippen molar-refractivity contribution in [3.63, 3.8) is 0 Å². The number of guanidine groups is 1. The third-order valence-electron chi connectivity index (χ3n) is 5.52. The third kappa shape index (κ3) is 5.55. The largest absolute Gasteiger partial charge is 0.357 e. The van der Waals surface area contributed by atoms with Crippen molar-refractivity contribution in [1.82, 2.24) is 15.2 Å². The minimum absolute atomic E-state index is 0. The number of aryl methyl sites for hydroxylation is 1. The van der Waals surface area contributed by atoms with Crippen molar-refractivity contribution < 1.29 is 0 Å². The van der Waals surface area contributed by atoms with Crippen LogP contribution in [0.25, 0.3) is 0 Å². The third-order valence-corrected chi connectivity index (χ3v) is 6.73. The maximum absolute atomic E-state index is 4.90. The number of aliphatic imine (C=N–C) groups is 1. The van der Waals surface area contributed by atoms with Crippen molar-refractivity contribution >= 4 is 41.3 Å². The molecule has 1 aliphatic heterocycles. The highest BCUT2D eigenvalue weighted by atomic mass is 127. The summed E-state index contributed by atoms with van der Waals surface area (Å²) in [4.78, 5) is 13.3. The van der Waals surface area contributed by atoms with Gasteiger partial charge in [0.05, 0.1) is 5.01 Å². The lowest BCUT2D eigenvalue weighted by Crippen LogP contribution is -2.41. The summed E-state index contributed by atoms with van der Waals surface area (Å²) in [6, 6.07) is 0. The average Bonchev–Trinajstić information content (AvgIpc) is 3.22. The number of hydrogen-bond donors (Lipinski definition) is 1. The molecule has 4 nitrogen and oxygen atoms in total. The molecular weight excluding hydrogens is 443 g/mol. The lowest BCUT2D eigenvalue weighted by Gasteiger charge is -2.33. The minimum Gasteiger partial charge on any atom is -0.357 e. The Bertz CT molecular complexity index is 551. The Kier molecular flexibility index (Phi) is 8.45. The van der Waals surface area contributed by atoms with Crippen molar-refractivity contribution in [2.24, 2.45) is 10.4 Å². The first-order valence-corrected chi connectivity index (χ1v) is 10.5. The fourth-order valence-corrected chi connectivity index (χ4v) is 4.99. The molecule has 0 radical (unpaired) electrons. The number of likely N-dealkylation sites (tertiary alicyclic amines) is 1. The fraction of sp³-hybridized carbons (Fsp3) is 0.789. The Morgan fingerprint density at radius 1 is 1.28 bits per heavy atom. The average molecular weight is 476 g/mol. The van der Waals surface area contributed by atoms with Gasteiger partial charge in [0, 0.05) is 43.7 Å². The quantitative estimate of drug-likeness (QED) is 0.387. The first-order valence-electron chi connectivity index (χ1n) is 9.71. The van der Waals surface area contributed by atoms with Crippen LogP contribution in [0, 0.1) is 5.41 Å². The molecule has 1 aromatic rings. The van der Waals surface area contributed by atoms with Crippen LogP contribution < -0.4 is 5.32 Å². The number of nitrogens with zero attached hydrogens (tertiary/aromatic N) is 3. The first-order chi connectivity index (χ1) is 11.7. The van der Waals surface area contributed by atoms with Gasteiger partial charge in [0.15, 0.2) is 5.96 Å². The van der Waals surface area contributed by atoms with E-state index in [0.29, 0.717) is 5.41 Å². The van der Waals surface area contributed by atoms with Crippen molar-refractivity contribution in [2.45, 2.75) is 65.2 Å². The first kappa shape index (κ1) is 20.9. The molecule has 2 fully saturated rings. The van der Waals surface area contributed by atoms with Gasteiger partial charge in [0.25, 0.3) is 0 Å².